The largest absolute Gasteiger partial charge is 0.337 e. The summed E-state index contributed by atoms with van der Waals surface area (Å²) in [5.74, 6) is -0.0386. The lowest BCUT2D eigenvalue weighted by Crippen LogP contribution is -2.40. The highest BCUT2D eigenvalue weighted by atomic mass is 32.1. The highest BCUT2D eigenvalue weighted by Crippen LogP contribution is 2.28. The van der Waals surface area contributed by atoms with Crippen LogP contribution in [-0.4, -0.2) is 28.9 Å². The summed E-state index contributed by atoms with van der Waals surface area (Å²) in [4.78, 5) is 19.2. The van der Waals surface area contributed by atoms with E-state index in [-0.39, 0.29) is 11.9 Å². The lowest BCUT2D eigenvalue weighted by molar-refractivity contribution is -0.132. The first-order valence-corrected chi connectivity index (χ1v) is 6.68. The maximum atomic E-state index is 11.8. The van der Waals surface area contributed by atoms with Gasteiger partial charge in [0.2, 0.25) is 5.91 Å². The Morgan fingerprint density at radius 1 is 1.53 bits per heavy atom. The summed E-state index contributed by atoms with van der Waals surface area (Å²) in [6, 6.07) is -0.423. The van der Waals surface area contributed by atoms with Gasteiger partial charge in [0.15, 0.2) is 0 Å². The molecule has 96 valence electrons. The molecular weight excluding hydrogens is 234 g/mol. The minimum Gasteiger partial charge on any atom is -0.337 e. The van der Waals surface area contributed by atoms with Crippen LogP contribution in [0, 0.1) is 6.92 Å². The number of nitrogens with two attached hydrogens (primary N) is 1. The number of aryl methyl sites for hydroxylation is 2. The first-order chi connectivity index (χ1) is 7.88. The zero-order valence-electron chi connectivity index (χ0n) is 11.2. The number of hydrogen-bond donors (Lipinski definition) is 1. The minimum absolute atomic E-state index is 0.0336. The number of carbonyl (C=O) groups excluding carboxylic acids is 1. The van der Waals surface area contributed by atoms with Crippen molar-refractivity contribution in [3.8, 4) is 0 Å². The standard InChI is InChI=1S/C12H21N3OS/c1-6-10-14-8(3)11(17-10)9(4)15(5)12(16)7(2)13/h7,9H,6,13H2,1-5H3/t7-,9?/m1/s1. The second-order valence-corrected chi connectivity index (χ2v) is 5.44. The highest BCUT2D eigenvalue weighted by Gasteiger charge is 2.23. The van der Waals surface area contributed by atoms with Gasteiger partial charge in [-0.15, -0.1) is 11.3 Å². The van der Waals surface area contributed by atoms with Crippen molar-refractivity contribution in [2.45, 2.75) is 46.2 Å². The van der Waals surface area contributed by atoms with Gasteiger partial charge in [-0.2, -0.15) is 0 Å². The minimum atomic E-state index is -0.457. The number of carbonyl (C=O) groups is 1. The van der Waals surface area contributed by atoms with Gasteiger partial charge in [0.1, 0.15) is 0 Å². The maximum absolute atomic E-state index is 11.8. The molecule has 1 aromatic rings. The van der Waals surface area contributed by atoms with E-state index >= 15 is 0 Å². The average Bonchev–Trinajstić information content (AvgIpc) is 2.67. The van der Waals surface area contributed by atoms with E-state index in [9.17, 15) is 4.79 Å². The van der Waals surface area contributed by atoms with Crippen LogP contribution >= 0.6 is 11.3 Å². The molecule has 0 saturated heterocycles. The van der Waals surface area contributed by atoms with Gasteiger partial charge in [-0.1, -0.05) is 6.92 Å². The maximum Gasteiger partial charge on any atom is 0.239 e. The van der Waals surface area contributed by atoms with E-state index in [0.29, 0.717) is 0 Å². The van der Waals surface area contributed by atoms with E-state index in [1.165, 1.54) is 0 Å². The molecule has 4 nitrogen and oxygen atoms in total. The van der Waals surface area contributed by atoms with Gasteiger partial charge in [0.05, 0.1) is 22.8 Å². The number of thiazole rings is 1. The Morgan fingerprint density at radius 2 is 2.12 bits per heavy atom. The molecule has 0 aliphatic heterocycles. The Labute approximate surface area is 107 Å². The summed E-state index contributed by atoms with van der Waals surface area (Å²) < 4.78 is 0. The molecule has 1 rings (SSSR count). The van der Waals surface area contributed by atoms with Crippen molar-refractivity contribution in [2.24, 2.45) is 5.73 Å². The van der Waals surface area contributed by atoms with Gasteiger partial charge in [0, 0.05) is 11.9 Å². The van der Waals surface area contributed by atoms with Gasteiger partial charge in [-0.05, 0) is 27.2 Å². The summed E-state index contributed by atoms with van der Waals surface area (Å²) in [5.41, 5.74) is 6.64. The topological polar surface area (TPSA) is 59.2 Å². The van der Waals surface area contributed by atoms with Crippen LogP contribution in [0.5, 0.6) is 0 Å². The molecule has 0 saturated carbocycles. The van der Waals surface area contributed by atoms with Crippen molar-refractivity contribution in [1.29, 1.82) is 0 Å². The summed E-state index contributed by atoms with van der Waals surface area (Å²) in [6.07, 6.45) is 0.934. The SMILES string of the molecule is CCc1nc(C)c(C(C)N(C)C(=O)[C@@H](C)N)s1. The van der Waals surface area contributed by atoms with Crippen molar-refractivity contribution in [3.63, 3.8) is 0 Å². The molecule has 5 heteroatoms. The number of aromatic nitrogens is 1. The first-order valence-electron chi connectivity index (χ1n) is 5.86. The van der Waals surface area contributed by atoms with Crippen LogP contribution < -0.4 is 5.73 Å². The van der Waals surface area contributed by atoms with Gasteiger partial charge >= 0.3 is 0 Å². The Morgan fingerprint density at radius 3 is 2.53 bits per heavy atom. The first kappa shape index (κ1) is 14.1. The Hall–Kier alpha value is -0.940. The quantitative estimate of drug-likeness (QED) is 0.893. The molecule has 0 fully saturated rings. The van der Waals surface area contributed by atoms with Crippen molar-refractivity contribution in [2.75, 3.05) is 7.05 Å². The van der Waals surface area contributed by atoms with E-state index < -0.39 is 6.04 Å². The predicted octanol–water partition coefficient (Wildman–Crippen LogP) is 1.88. The monoisotopic (exact) mass is 255 g/mol. The fourth-order valence-electron chi connectivity index (χ4n) is 1.69. The van der Waals surface area contributed by atoms with E-state index in [1.54, 1.807) is 30.2 Å². The van der Waals surface area contributed by atoms with Crippen LogP contribution in [0.15, 0.2) is 0 Å². The molecule has 1 amide bonds. The fraction of sp³-hybridized carbons (Fsp3) is 0.667. The Balaban J connectivity index is 2.91. The summed E-state index contributed by atoms with van der Waals surface area (Å²) in [7, 11) is 1.79. The van der Waals surface area contributed by atoms with Gasteiger partial charge < -0.3 is 10.6 Å². The highest BCUT2D eigenvalue weighted by molar-refractivity contribution is 7.11. The Bertz CT molecular complexity index is 400. The number of amides is 1. The third-order valence-electron chi connectivity index (χ3n) is 2.88. The Kier molecular flexibility index (Phi) is 4.65. The van der Waals surface area contributed by atoms with Crippen LogP contribution in [0.2, 0.25) is 0 Å². The van der Waals surface area contributed by atoms with Gasteiger partial charge in [0.25, 0.3) is 0 Å². The zero-order chi connectivity index (χ0) is 13.2. The molecule has 0 aliphatic carbocycles. The molecule has 1 unspecified atom stereocenters. The van der Waals surface area contributed by atoms with Gasteiger partial charge in [-0.25, -0.2) is 4.98 Å². The zero-order valence-corrected chi connectivity index (χ0v) is 12.0. The molecule has 0 radical (unpaired) electrons. The number of nitrogens with zero attached hydrogens (tertiary/aromatic N) is 2. The fourth-order valence-corrected chi connectivity index (χ4v) is 2.80. The molecule has 0 bridgehead atoms. The van der Waals surface area contributed by atoms with E-state index in [2.05, 4.69) is 11.9 Å². The van der Waals surface area contributed by atoms with Crippen LogP contribution in [0.4, 0.5) is 0 Å². The number of likely N-dealkylation sites (N-methyl/N-ethyl adjacent to an activating group) is 1. The second kappa shape index (κ2) is 5.60. The van der Waals surface area contributed by atoms with Crippen LogP contribution in [0.3, 0.4) is 0 Å². The van der Waals surface area contributed by atoms with E-state index in [4.69, 9.17) is 5.73 Å². The molecule has 1 heterocycles. The molecule has 0 aromatic carbocycles. The average molecular weight is 255 g/mol. The van der Waals surface area contributed by atoms with E-state index in [1.807, 2.05) is 13.8 Å². The molecule has 0 aliphatic rings. The molecule has 0 spiro atoms. The van der Waals surface area contributed by atoms with Crippen molar-refractivity contribution in [3.05, 3.63) is 15.6 Å². The third kappa shape index (κ3) is 3.04. The van der Waals surface area contributed by atoms with Crippen LogP contribution in [0.1, 0.15) is 42.4 Å². The van der Waals surface area contributed by atoms with Crippen molar-refractivity contribution in [1.82, 2.24) is 9.88 Å². The second-order valence-electron chi connectivity index (χ2n) is 4.32. The number of rotatable bonds is 4. The van der Waals surface area contributed by atoms with Crippen LogP contribution in [0.25, 0.3) is 0 Å². The molecule has 2 N–H and O–H groups in total. The smallest absolute Gasteiger partial charge is 0.239 e. The predicted molar refractivity (Wildman–Crippen MR) is 71.1 cm³/mol. The van der Waals surface area contributed by atoms with Crippen molar-refractivity contribution < 1.29 is 4.79 Å². The lowest BCUT2D eigenvalue weighted by atomic mass is 10.2. The lowest BCUT2D eigenvalue weighted by Gasteiger charge is -2.26. The van der Waals surface area contributed by atoms with Crippen molar-refractivity contribution >= 4 is 17.2 Å². The van der Waals surface area contributed by atoms with Crippen LogP contribution in [-0.2, 0) is 11.2 Å². The molecular formula is C12H21N3OS. The van der Waals surface area contributed by atoms with E-state index in [0.717, 1.165) is 22.0 Å². The van der Waals surface area contributed by atoms with Gasteiger partial charge in [-0.3, -0.25) is 4.79 Å². The molecule has 1 aromatic heterocycles. The summed E-state index contributed by atoms with van der Waals surface area (Å²) in [6.45, 7) is 7.80. The third-order valence-corrected chi connectivity index (χ3v) is 4.35. The molecule has 2 atom stereocenters. The normalized spacial score (nSPS) is 14.5. The summed E-state index contributed by atoms with van der Waals surface area (Å²) in [5, 5.41) is 1.12. The summed E-state index contributed by atoms with van der Waals surface area (Å²) >= 11 is 1.68. The molecule has 17 heavy (non-hydrogen) atoms. The number of hydrogen-bond acceptors (Lipinski definition) is 4.